The maximum atomic E-state index is 14.3. The Balaban J connectivity index is 1.40. The zero-order valence-electron chi connectivity index (χ0n) is 28.1. The molecule has 5 aromatic rings. The van der Waals surface area contributed by atoms with Crippen molar-refractivity contribution in [3.8, 4) is 17.2 Å². The van der Waals surface area contributed by atoms with Crippen LogP contribution in [0.15, 0.2) is 106 Å². The molecule has 0 spiro atoms. The summed E-state index contributed by atoms with van der Waals surface area (Å²) in [5.41, 5.74) is 5.58. The summed E-state index contributed by atoms with van der Waals surface area (Å²) in [5.74, 6) is 2.46. The number of anilines is 2. The summed E-state index contributed by atoms with van der Waals surface area (Å²) in [7, 11) is 0. The molecule has 12 heteroatoms. The highest BCUT2D eigenvalue weighted by atomic mass is 79.9. The quantitative estimate of drug-likeness (QED) is 0.114. The van der Waals surface area contributed by atoms with E-state index in [0.717, 1.165) is 22.3 Å². The first kappa shape index (κ1) is 35.4. The standard InChI is InChI=1S/C38H37BrClN5O4S/c1-5-47-31-17-10-9-16-30(31)42-36(46)33-24(4)41-37-43-38(50-22-26-14-7-8-15-29(26)40)44-45(37)34(33)27-19-28(39)35(32(20-27)48-6-2)49-21-25-13-11-12-23(3)18-25/h7-20,34H,5-6,21-22H2,1-4H3,(H,42,46)(H,41,43,44). The van der Waals surface area contributed by atoms with E-state index in [1.165, 1.54) is 11.8 Å². The average molecular weight is 775 g/mol. The number of amides is 1. The second-order valence-corrected chi connectivity index (χ2v) is 13.7. The summed E-state index contributed by atoms with van der Waals surface area (Å²) < 4.78 is 20.7. The van der Waals surface area contributed by atoms with Gasteiger partial charge in [0.05, 0.1) is 28.9 Å². The summed E-state index contributed by atoms with van der Waals surface area (Å²) in [4.78, 5) is 19.1. The monoisotopic (exact) mass is 773 g/mol. The minimum Gasteiger partial charge on any atom is -0.492 e. The van der Waals surface area contributed by atoms with Crippen LogP contribution in [0, 0.1) is 6.92 Å². The van der Waals surface area contributed by atoms with E-state index >= 15 is 0 Å². The zero-order chi connectivity index (χ0) is 35.2. The molecule has 0 saturated heterocycles. The molecular formula is C38H37BrClN5O4S. The first-order valence-corrected chi connectivity index (χ1v) is 18.4. The molecule has 2 heterocycles. The number of halogens is 2. The van der Waals surface area contributed by atoms with Crippen LogP contribution in [-0.4, -0.2) is 33.9 Å². The fourth-order valence-corrected chi connectivity index (χ4v) is 7.39. The molecule has 0 saturated carbocycles. The lowest BCUT2D eigenvalue weighted by Gasteiger charge is -2.29. The molecule has 1 amide bonds. The first-order chi connectivity index (χ1) is 24.2. The lowest BCUT2D eigenvalue weighted by atomic mass is 9.94. The van der Waals surface area contributed by atoms with Gasteiger partial charge in [0.25, 0.3) is 5.91 Å². The number of carbonyl (C=O) groups is 1. The van der Waals surface area contributed by atoms with Crippen molar-refractivity contribution in [3.05, 3.63) is 128 Å². The Bertz CT molecular complexity index is 2050. The normalized spacial score (nSPS) is 13.8. The maximum Gasteiger partial charge on any atom is 0.255 e. The highest BCUT2D eigenvalue weighted by Crippen LogP contribution is 2.44. The molecular weight excluding hydrogens is 738 g/mol. The molecule has 50 heavy (non-hydrogen) atoms. The highest BCUT2D eigenvalue weighted by Gasteiger charge is 2.36. The SMILES string of the molecule is CCOc1ccccc1NC(=O)C1=C(C)Nc2nc(SCc3ccccc3Cl)nn2C1c1cc(Br)c(OCc2cccc(C)c2)c(OCC)c1. The van der Waals surface area contributed by atoms with Crippen molar-refractivity contribution in [2.45, 2.75) is 51.3 Å². The van der Waals surface area contributed by atoms with Crippen LogP contribution in [0.4, 0.5) is 11.6 Å². The van der Waals surface area contributed by atoms with Crippen molar-refractivity contribution in [2.24, 2.45) is 0 Å². The molecule has 9 nitrogen and oxygen atoms in total. The van der Waals surface area contributed by atoms with E-state index in [2.05, 4.69) is 45.6 Å². The molecule has 0 radical (unpaired) electrons. The van der Waals surface area contributed by atoms with Gasteiger partial charge in [0.1, 0.15) is 18.4 Å². The number of carbonyl (C=O) groups excluding carboxylic acids is 1. The van der Waals surface area contributed by atoms with Crippen LogP contribution in [0.2, 0.25) is 5.02 Å². The number of benzene rings is 4. The van der Waals surface area contributed by atoms with Gasteiger partial charge in [-0.2, -0.15) is 4.98 Å². The Morgan fingerprint density at radius 1 is 0.960 bits per heavy atom. The van der Waals surface area contributed by atoms with Crippen LogP contribution < -0.4 is 24.8 Å². The Morgan fingerprint density at radius 3 is 2.50 bits per heavy atom. The minimum atomic E-state index is -0.672. The maximum absolute atomic E-state index is 14.3. The largest absolute Gasteiger partial charge is 0.492 e. The van der Waals surface area contributed by atoms with Gasteiger partial charge in [-0.25, -0.2) is 4.68 Å². The molecule has 1 atom stereocenters. The van der Waals surface area contributed by atoms with E-state index in [1.807, 2.05) is 93.6 Å². The molecule has 1 aliphatic rings. The van der Waals surface area contributed by atoms with Gasteiger partial charge >= 0.3 is 0 Å². The molecule has 1 aliphatic heterocycles. The molecule has 258 valence electrons. The molecule has 0 bridgehead atoms. The number of fused-ring (bicyclic) bond motifs is 1. The molecule has 1 unspecified atom stereocenters. The van der Waals surface area contributed by atoms with E-state index in [0.29, 0.717) is 80.4 Å². The topological polar surface area (TPSA) is 99.5 Å². The van der Waals surface area contributed by atoms with Gasteiger partial charge in [-0.05, 0) is 90.6 Å². The van der Waals surface area contributed by atoms with Crippen molar-refractivity contribution in [1.82, 2.24) is 14.8 Å². The summed E-state index contributed by atoms with van der Waals surface area (Å²) in [6.07, 6.45) is 0. The third-order valence-electron chi connectivity index (χ3n) is 7.94. The molecule has 0 aliphatic carbocycles. The van der Waals surface area contributed by atoms with Crippen molar-refractivity contribution in [1.29, 1.82) is 0 Å². The highest BCUT2D eigenvalue weighted by molar-refractivity contribution is 9.10. The van der Waals surface area contributed by atoms with Crippen LogP contribution >= 0.6 is 39.3 Å². The summed E-state index contributed by atoms with van der Waals surface area (Å²) in [5, 5.41) is 12.6. The smallest absolute Gasteiger partial charge is 0.255 e. The van der Waals surface area contributed by atoms with E-state index in [4.69, 9.17) is 35.9 Å². The predicted molar refractivity (Wildman–Crippen MR) is 203 cm³/mol. The van der Waals surface area contributed by atoms with E-state index in [9.17, 15) is 4.79 Å². The fourth-order valence-electron chi connectivity index (χ4n) is 5.70. The van der Waals surface area contributed by atoms with Gasteiger partial charge in [-0.15, -0.1) is 5.10 Å². The van der Waals surface area contributed by atoms with Gasteiger partial charge in [-0.1, -0.05) is 83.5 Å². The number of hydrogen-bond acceptors (Lipinski definition) is 8. The van der Waals surface area contributed by atoms with Crippen LogP contribution in [0.3, 0.4) is 0 Å². The van der Waals surface area contributed by atoms with E-state index in [-0.39, 0.29) is 5.91 Å². The summed E-state index contributed by atoms with van der Waals surface area (Å²) in [6.45, 7) is 8.98. The molecule has 6 rings (SSSR count). The van der Waals surface area contributed by atoms with Crippen LogP contribution in [-0.2, 0) is 17.2 Å². The van der Waals surface area contributed by atoms with Gasteiger partial charge in [-0.3, -0.25) is 4.79 Å². The number of aryl methyl sites for hydroxylation is 1. The number of para-hydroxylation sites is 2. The lowest BCUT2D eigenvalue weighted by molar-refractivity contribution is -0.113. The third kappa shape index (κ3) is 7.96. The second kappa shape index (κ2) is 16.1. The fraction of sp³-hybridized carbons (Fsp3) is 0.237. The molecule has 4 aromatic carbocycles. The lowest BCUT2D eigenvalue weighted by Crippen LogP contribution is -2.31. The predicted octanol–water partition coefficient (Wildman–Crippen LogP) is 9.60. The number of allylic oxidation sites excluding steroid dienone is 1. The van der Waals surface area contributed by atoms with Crippen molar-refractivity contribution < 1.29 is 19.0 Å². The van der Waals surface area contributed by atoms with Crippen LogP contribution in [0.1, 0.15) is 49.1 Å². The number of rotatable bonds is 13. The van der Waals surface area contributed by atoms with Gasteiger partial charge in [0, 0.05) is 16.5 Å². The van der Waals surface area contributed by atoms with E-state index < -0.39 is 6.04 Å². The van der Waals surface area contributed by atoms with Crippen molar-refractivity contribution in [2.75, 3.05) is 23.8 Å². The number of nitrogens with one attached hydrogen (secondary N) is 2. The minimum absolute atomic E-state index is 0.313. The van der Waals surface area contributed by atoms with Gasteiger partial charge in [0.2, 0.25) is 11.1 Å². The summed E-state index contributed by atoms with van der Waals surface area (Å²) >= 11 is 11.7. The summed E-state index contributed by atoms with van der Waals surface area (Å²) in [6, 6.07) is 26.4. The molecule has 0 fully saturated rings. The average Bonchev–Trinajstić information content (AvgIpc) is 3.50. The zero-order valence-corrected chi connectivity index (χ0v) is 31.3. The van der Waals surface area contributed by atoms with Gasteiger partial charge in [0.15, 0.2) is 11.5 Å². The Hall–Kier alpha value is -4.45. The van der Waals surface area contributed by atoms with Crippen molar-refractivity contribution >= 4 is 56.8 Å². The Labute approximate surface area is 309 Å². The van der Waals surface area contributed by atoms with Gasteiger partial charge < -0.3 is 24.8 Å². The second-order valence-electron chi connectivity index (χ2n) is 11.5. The van der Waals surface area contributed by atoms with Crippen LogP contribution in [0.25, 0.3) is 0 Å². The van der Waals surface area contributed by atoms with Crippen molar-refractivity contribution in [3.63, 3.8) is 0 Å². The molecule has 2 N–H and O–H groups in total. The number of thioether (sulfide) groups is 1. The number of nitrogens with zero attached hydrogens (tertiary/aromatic N) is 3. The third-order valence-corrected chi connectivity index (χ3v) is 9.78. The number of hydrogen-bond donors (Lipinski definition) is 2. The first-order valence-electron chi connectivity index (χ1n) is 16.2. The molecule has 1 aromatic heterocycles. The Kier molecular flexibility index (Phi) is 11.4. The van der Waals surface area contributed by atoms with E-state index in [1.54, 1.807) is 4.68 Å². The number of ether oxygens (including phenoxy) is 3. The Morgan fingerprint density at radius 2 is 1.72 bits per heavy atom. The van der Waals surface area contributed by atoms with Crippen LogP contribution in [0.5, 0.6) is 17.2 Å². The number of aromatic nitrogens is 3.